The topological polar surface area (TPSA) is 68.3 Å². The van der Waals surface area contributed by atoms with E-state index < -0.39 is 12.6 Å². The van der Waals surface area contributed by atoms with E-state index in [1.807, 2.05) is 0 Å². The predicted molar refractivity (Wildman–Crippen MR) is 27.0 cm³/mol. The van der Waals surface area contributed by atoms with E-state index in [2.05, 4.69) is 0 Å². The molecule has 0 aliphatic carbocycles. The monoisotopic (exact) mass is 175 g/mol. The fraction of sp³-hybridized carbons (Fsp3) is 0. The zero-order valence-corrected chi connectivity index (χ0v) is 5.32. The molecule has 0 saturated carbocycles. The third kappa shape index (κ3) is 1.54. The molecule has 5 heteroatoms. The van der Waals surface area contributed by atoms with E-state index in [-0.39, 0.29) is 20.9 Å². The Balaban J connectivity index is 4.53. The number of rotatable bonds is 4. The molecule has 0 aliphatic rings. The molecule has 0 amide bonds. The van der Waals surface area contributed by atoms with Gasteiger partial charge in [0.1, 0.15) is 0 Å². The van der Waals surface area contributed by atoms with Gasteiger partial charge in [-0.15, -0.1) is 0 Å². The van der Waals surface area contributed by atoms with Crippen molar-refractivity contribution in [3.63, 3.8) is 0 Å². The summed E-state index contributed by atoms with van der Waals surface area (Å²) in [7, 11) is 0. The van der Waals surface area contributed by atoms with Gasteiger partial charge in [0.15, 0.2) is 0 Å². The van der Waals surface area contributed by atoms with Crippen LogP contribution in [0.5, 0.6) is 0 Å². The first-order valence-corrected chi connectivity index (χ1v) is 4.12. The van der Waals surface area contributed by atoms with Gasteiger partial charge in [-0.2, -0.15) is 0 Å². The summed E-state index contributed by atoms with van der Waals surface area (Å²) in [6.07, 6.45) is 0. The van der Waals surface area contributed by atoms with Gasteiger partial charge in [0, 0.05) is 0 Å². The van der Waals surface area contributed by atoms with E-state index >= 15 is 0 Å². The molecule has 0 N–H and O–H groups in total. The number of hydrogen-bond acceptors (Lipinski definition) is 4. The predicted octanol–water partition coefficient (Wildman–Crippen LogP) is -1.10. The Hall–Kier alpha value is -0.814. The van der Waals surface area contributed by atoms with Crippen LogP contribution in [0.4, 0.5) is 0 Å². The summed E-state index contributed by atoms with van der Waals surface area (Å²) in [6.45, 7) is 0. The van der Waals surface area contributed by atoms with Crippen molar-refractivity contribution < 1.29 is 31.8 Å². The zero-order valence-electron chi connectivity index (χ0n) is 4.28. The van der Waals surface area contributed by atoms with Gasteiger partial charge in [-0.3, -0.25) is 0 Å². The fourth-order valence-corrected chi connectivity index (χ4v) is 0.458. The van der Waals surface area contributed by atoms with Crippen molar-refractivity contribution in [2.45, 2.75) is 0 Å². The van der Waals surface area contributed by atoms with Crippen LogP contribution >= 0.6 is 0 Å². The third-order valence-electron chi connectivity index (χ3n) is 0.544. The normalized spacial score (nSPS) is 11.6. The van der Waals surface area contributed by atoms with Crippen molar-refractivity contribution in [1.29, 1.82) is 0 Å². The molecule has 4 nitrogen and oxygen atoms in total. The fourth-order valence-electron chi connectivity index (χ4n) is 0.111. The summed E-state index contributed by atoms with van der Waals surface area (Å²) in [5, 5.41) is 0.438. The molecule has 0 spiro atoms. The van der Waals surface area contributed by atoms with Gasteiger partial charge in [0.25, 0.3) is 0 Å². The van der Waals surface area contributed by atoms with E-state index in [0.717, 1.165) is 0 Å². The molecule has 0 aromatic carbocycles. The molecule has 0 unspecified atom stereocenters. The van der Waals surface area contributed by atoms with Crippen LogP contribution in [0.3, 0.4) is 0 Å². The summed E-state index contributed by atoms with van der Waals surface area (Å²) >= 11 is -3.12. The van der Waals surface area contributed by atoms with Gasteiger partial charge in [-0.05, 0) is 0 Å². The van der Waals surface area contributed by atoms with Crippen molar-refractivity contribution >= 4 is 20.9 Å². The average Bonchev–Trinajstić information content (AvgIpc) is 1.95. The van der Waals surface area contributed by atoms with Crippen LogP contribution in [-0.2, 0) is 31.8 Å². The van der Waals surface area contributed by atoms with Gasteiger partial charge < -0.3 is 0 Å². The van der Waals surface area contributed by atoms with Gasteiger partial charge in [0.2, 0.25) is 0 Å². The van der Waals surface area contributed by atoms with Crippen LogP contribution in [0.1, 0.15) is 0 Å². The molecule has 0 atom stereocenters. The molecule has 0 fully saturated rings. The molecule has 0 saturated heterocycles. The molecular weight excluding hydrogens is 171 g/mol. The van der Waals surface area contributed by atoms with Gasteiger partial charge in [-0.25, -0.2) is 0 Å². The van der Waals surface area contributed by atoms with Crippen molar-refractivity contribution in [2.75, 3.05) is 0 Å². The molecular formula is C4H4CoO4. The molecule has 0 aromatic heterocycles. The summed E-state index contributed by atoms with van der Waals surface area (Å²) in [6, 6.07) is 0. The zero-order chi connectivity index (χ0) is 7.33. The first kappa shape index (κ1) is 8.19. The van der Waals surface area contributed by atoms with E-state index in [9.17, 15) is 19.2 Å². The Bertz CT molecular complexity index is 115. The Morgan fingerprint density at radius 1 is 0.667 bits per heavy atom. The standard InChI is InChI=1S/4CHO.Co/c4*1-2;/h4*1H;. The van der Waals surface area contributed by atoms with Crippen LogP contribution in [0.25, 0.3) is 0 Å². The van der Waals surface area contributed by atoms with E-state index in [1.165, 1.54) is 0 Å². The quantitative estimate of drug-likeness (QED) is 0.508. The summed E-state index contributed by atoms with van der Waals surface area (Å²) < 4.78 is 0. The Morgan fingerprint density at radius 2 is 0.889 bits per heavy atom. The summed E-state index contributed by atoms with van der Waals surface area (Å²) in [5.74, 6) is 0. The SMILES string of the molecule is O=[CH][Co]([CH]=O)([CH]=O)[CH]=O. The molecule has 0 radical (unpaired) electrons. The molecule has 53 valence electrons. The van der Waals surface area contributed by atoms with Crippen molar-refractivity contribution in [3.05, 3.63) is 0 Å². The third-order valence-corrected chi connectivity index (χ3v) is 2.24. The molecule has 0 rings (SSSR count). The number of carbonyl (C=O) groups excluding carboxylic acids is 4. The van der Waals surface area contributed by atoms with Crippen LogP contribution in [0.15, 0.2) is 0 Å². The molecule has 0 aromatic rings. The number of hydrogen-bond donors (Lipinski definition) is 0. The minimum atomic E-state index is -3.12. The number of carbonyl (C=O) groups is 4. The van der Waals surface area contributed by atoms with Crippen molar-refractivity contribution in [3.8, 4) is 0 Å². The Morgan fingerprint density at radius 3 is 0.889 bits per heavy atom. The molecule has 0 bridgehead atoms. The van der Waals surface area contributed by atoms with Crippen molar-refractivity contribution in [1.82, 2.24) is 0 Å². The first-order valence-electron chi connectivity index (χ1n) is 1.71. The summed E-state index contributed by atoms with van der Waals surface area (Å²) in [4.78, 5) is 39.5. The van der Waals surface area contributed by atoms with E-state index in [4.69, 9.17) is 0 Å². The van der Waals surface area contributed by atoms with Crippen molar-refractivity contribution in [2.24, 2.45) is 0 Å². The van der Waals surface area contributed by atoms with Gasteiger partial charge in [-0.1, -0.05) is 0 Å². The maximum atomic E-state index is 9.88. The molecule has 9 heavy (non-hydrogen) atoms. The Labute approximate surface area is 53.4 Å². The average molecular weight is 175 g/mol. The van der Waals surface area contributed by atoms with Crippen LogP contribution in [-0.4, -0.2) is 20.9 Å². The van der Waals surface area contributed by atoms with Gasteiger partial charge in [0.05, 0.1) is 0 Å². The minimum absolute atomic E-state index is 0.109. The first-order chi connectivity index (χ1) is 4.24. The van der Waals surface area contributed by atoms with E-state index in [0.29, 0.717) is 0 Å². The van der Waals surface area contributed by atoms with Crippen LogP contribution in [0.2, 0.25) is 0 Å². The molecule has 0 aliphatic heterocycles. The second-order valence-corrected chi connectivity index (χ2v) is 4.04. The molecule has 0 heterocycles. The second kappa shape index (κ2) is 3.26. The van der Waals surface area contributed by atoms with Crippen LogP contribution < -0.4 is 0 Å². The van der Waals surface area contributed by atoms with Gasteiger partial charge >= 0.3 is 52.7 Å². The Kier molecular flexibility index (Phi) is 2.96. The maximum absolute atomic E-state index is 9.88. The van der Waals surface area contributed by atoms with Crippen LogP contribution in [0, 0.1) is 0 Å². The second-order valence-electron chi connectivity index (χ2n) is 0.981. The summed E-state index contributed by atoms with van der Waals surface area (Å²) in [5.41, 5.74) is 0. The van der Waals surface area contributed by atoms with E-state index in [1.54, 1.807) is 0 Å².